The number of carboxylic acid groups (broad SMARTS) is 1. The van der Waals surface area contributed by atoms with Gasteiger partial charge in [0.1, 0.15) is 17.3 Å². The quantitative estimate of drug-likeness (QED) is 0.222. The van der Waals surface area contributed by atoms with Crippen molar-refractivity contribution in [2.24, 2.45) is 5.73 Å². The average molecular weight is 571 g/mol. The van der Waals surface area contributed by atoms with Crippen molar-refractivity contribution in [3.8, 4) is 29.0 Å². The monoisotopic (exact) mass is 570 g/mol. The number of phenols is 1. The number of hydrogen-bond acceptors (Lipinski definition) is 9. The lowest BCUT2D eigenvalue weighted by atomic mass is 10.2. The topological polar surface area (TPSA) is 166 Å². The second kappa shape index (κ2) is 12.0. The molecule has 0 aliphatic carbocycles. The van der Waals surface area contributed by atoms with Crippen molar-refractivity contribution in [1.82, 2.24) is 14.8 Å². The van der Waals surface area contributed by atoms with Gasteiger partial charge in [0.25, 0.3) is 17.7 Å². The van der Waals surface area contributed by atoms with E-state index in [-0.39, 0.29) is 67.1 Å². The second-order valence-corrected chi connectivity index (χ2v) is 9.38. The molecular weight excluding hydrogens is 542 g/mol. The molecule has 0 radical (unpaired) electrons. The Kier molecular flexibility index (Phi) is 8.52. The summed E-state index contributed by atoms with van der Waals surface area (Å²) in [5.41, 5.74) is 5.42. The van der Waals surface area contributed by atoms with Crippen molar-refractivity contribution < 1.29 is 38.1 Å². The van der Waals surface area contributed by atoms with E-state index < -0.39 is 40.8 Å². The van der Waals surface area contributed by atoms with Crippen molar-refractivity contribution in [3.63, 3.8) is 0 Å². The fraction of sp³-hybridized carbons (Fsp3) is 0.259. The first-order valence-electron chi connectivity index (χ1n) is 12.4. The maximum Gasteiger partial charge on any atom is 0.317 e. The molecule has 5 N–H and O–H groups in total. The third-order valence-electron chi connectivity index (χ3n) is 6.22. The number of anilines is 1. The van der Waals surface area contributed by atoms with Crippen LogP contribution in [0.4, 0.5) is 14.5 Å². The average Bonchev–Trinajstić information content (AvgIpc) is 2.92. The number of nitrogens with two attached hydrogens (primary N) is 1. The lowest BCUT2D eigenvalue weighted by Crippen LogP contribution is -2.48. The molecule has 0 atom stereocenters. The molecule has 41 heavy (non-hydrogen) atoms. The zero-order valence-corrected chi connectivity index (χ0v) is 22.2. The number of halogens is 2. The molecule has 1 aliphatic heterocycles. The third-order valence-corrected chi connectivity index (χ3v) is 6.22. The number of phenolic OH excluding ortho intramolecular Hbond substituents is 1. The normalized spacial score (nSPS) is 13.5. The summed E-state index contributed by atoms with van der Waals surface area (Å²) in [6.07, 6.45) is 0. The van der Waals surface area contributed by atoms with Gasteiger partial charge in [-0.1, -0.05) is 6.07 Å². The summed E-state index contributed by atoms with van der Waals surface area (Å²) in [4.78, 5) is 31.7. The molecule has 14 heteroatoms. The number of carbonyl (C=O) groups is 2. The second-order valence-electron chi connectivity index (χ2n) is 9.38. The number of aromatic nitrogens is 1. The Morgan fingerprint density at radius 1 is 1.02 bits per heavy atom. The molecule has 0 spiro atoms. The third kappa shape index (κ3) is 6.61. The smallest absolute Gasteiger partial charge is 0.317 e. The molecule has 2 aromatic carbocycles. The molecule has 12 nitrogen and oxygen atoms in total. The Labute approximate surface area is 233 Å². The van der Waals surface area contributed by atoms with Crippen LogP contribution in [0.3, 0.4) is 0 Å². The maximum atomic E-state index is 15.9. The number of nitrogens with one attached hydrogen (secondary N) is 1. The zero-order valence-electron chi connectivity index (χ0n) is 22.2. The van der Waals surface area contributed by atoms with Crippen molar-refractivity contribution >= 4 is 23.4 Å². The SMILES string of the molecule is CN(C)C(=O)c1cccc(Oc2nc(Oc3cc(C(=N)N)ccc3O)c(F)c(N3CCN(CC(=O)O)CC3)c2F)c1. The van der Waals surface area contributed by atoms with Gasteiger partial charge in [0.05, 0.1) is 6.54 Å². The highest BCUT2D eigenvalue weighted by Gasteiger charge is 2.30. The molecule has 1 aromatic heterocycles. The van der Waals surface area contributed by atoms with E-state index in [1.54, 1.807) is 25.1 Å². The van der Waals surface area contributed by atoms with Crippen LogP contribution >= 0.6 is 0 Å². The number of benzene rings is 2. The van der Waals surface area contributed by atoms with Crippen LogP contribution in [0.15, 0.2) is 42.5 Å². The molecule has 216 valence electrons. The van der Waals surface area contributed by atoms with Crippen molar-refractivity contribution in [3.05, 3.63) is 65.2 Å². The van der Waals surface area contributed by atoms with Gasteiger partial charge in [-0.2, -0.15) is 13.8 Å². The van der Waals surface area contributed by atoms with Crippen molar-refractivity contribution in [1.29, 1.82) is 5.41 Å². The van der Waals surface area contributed by atoms with Crippen LogP contribution in [0.2, 0.25) is 0 Å². The Morgan fingerprint density at radius 2 is 1.68 bits per heavy atom. The molecule has 0 saturated carbocycles. The largest absolute Gasteiger partial charge is 0.504 e. The number of ether oxygens (including phenoxy) is 2. The fourth-order valence-electron chi connectivity index (χ4n) is 4.15. The van der Waals surface area contributed by atoms with Crippen LogP contribution in [-0.4, -0.2) is 89.5 Å². The molecule has 1 fully saturated rings. The Morgan fingerprint density at radius 3 is 2.29 bits per heavy atom. The Balaban J connectivity index is 1.76. The molecule has 1 saturated heterocycles. The predicted molar refractivity (Wildman–Crippen MR) is 144 cm³/mol. The minimum atomic E-state index is -1.19. The fourth-order valence-corrected chi connectivity index (χ4v) is 4.15. The van der Waals surface area contributed by atoms with Crippen molar-refractivity contribution in [2.45, 2.75) is 0 Å². The first-order chi connectivity index (χ1) is 19.4. The van der Waals surface area contributed by atoms with Gasteiger partial charge in [0.2, 0.25) is 11.6 Å². The highest BCUT2D eigenvalue weighted by atomic mass is 19.1. The minimum absolute atomic E-state index is 0.0420. The van der Waals surface area contributed by atoms with E-state index >= 15 is 8.78 Å². The van der Waals surface area contributed by atoms with Crippen LogP contribution < -0.4 is 20.1 Å². The van der Waals surface area contributed by atoms with Gasteiger partial charge in [-0.3, -0.25) is 19.9 Å². The van der Waals surface area contributed by atoms with E-state index in [9.17, 15) is 14.7 Å². The van der Waals surface area contributed by atoms with Crippen molar-refractivity contribution in [2.75, 3.05) is 51.7 Å². The summed E-state index contributed by atoms with van der Waals surface area (Å²) in [5.74, 6) is -6.08. The Hall–Kier alpha value is -4.98. The summed E-state index contributed by atoms with van der Waals surface area (Å²) in [7, 11) is 3.14. The summed E-state index contributed by atoms with van der Waals surface area (Å²) in [5, 5.41) is 27.0. The van der Waals surface area contributed by atoms with Crippen LogP contribution in [0.5, 0.6) is 29.0 Å². The zero-order chi connectivity index (χ0) is 29.8. The highest BCUT2D eigenvalue weighted by molar-refractivity contribution is 5.95. The number of aliphatic carboxylic acids is 1. The molecule has 1 amide bonds. The number of amidine groups is 1. The molecule has 0 bridgehead atoms. The molecule has 1 aliphatic rings. The van der Waals surface area contributed by atoms with E-state index in [4.69, 9.17) is 25.7 Å². The van der Waals surface area contributed by atoms with Gasteiger partial charge >= 0.3 is 5.97 Å². The van der Waals surface area contributed by atoms with Gasteiger partial charge in [-0.15, -0.1) is 0 Å². The number of pyridine rings is 1. The number of piperazine rings is 1. The number of hydrogen-bond donors (Lipinski definition) is 4. The number of carbonyl (C=O) groups excluding carboxylic acids is 1. The van der Waals surface area contributed by atoms with Gasteiger partial charge in [-0.05, 0) is 36.4 Å². The first kappa shape index (κ1) is 29.0. The first-order valence-corrected chi connectivity index (χ1v) is 12.4. The number of amides is 1. The molecular formula is C27H28F2N6O6. The Bertz CT molecular complexity index is 1490. The number of aromatic hydroxyl groups is 1. The van der Waals surface area contributed by atoms with Gasteiger partial charge < -0.3 is 35.2 Å². The van der Waals surface area contributed by atoms with Gasteiger partial charge in [0, 0.05) is 51.4 Å². The minimum Gasteiger partial charge on any atom is -0.504 e. The van der Waals surface area contributed by atoms with E-state index in [1.165, 1.54) is 46.2 Å². The molecule has 3 aromatic rings. The predicted octanol–water partition coefficient (Wildman–Crippen LogP) is 2.84. The van der Waals surface area contributed by atoms with E-state index in [0.717, 1.165) is 0 Å². The highest BCUT2D eigenvalue weighted by Crippen LogP contribution is 2.40. The maximum absolute atomic E-state index is 15.9. The number of nitrogen functional groups attached to an aromatic ring is 1. The summed E-state index contributed by atoms with van der Waals surface area (Å²) in [6.45, 7) is 0.390. The van der Waals surface area contributed by atoms with Gasteiger partial charge in [0.15, 0.2) is 11.5 Å². The van der Waals surface area contributed by atoms with E-state index in [2.05, 4.69) is 4.98 Å². The summed E-state index contributed by atoms with van der Waals surface area (Å²) < 4.78 is 42.9. The van der Waals surface area contributed by atoms with Crippen LogP contribution in [0.1, 0.15) is 15.9 Å². The lowest BCUT2D eigenvalue weighted by Gasteiger charge is -2.35. The van der Waals surface area contributed by atoms with E-state index in [1.807, 2.05) is 0 Å². The van der Waals surface area contributed by atoms with E-state index in [0.29, 0.717) is 0 Å². The van der Waals surface area contributed by atoms with Crippen LogP contribution in [-0.2, 0) is 4.79 Å². The molecule has 0 unspecified atom stereocenters. The lowest BCUT2D eigenvalue weighted by molar-refractivity contribution is -0.138. The number of carboxylic acids is 1. The number of nitrogens with zero attached hydrogens (tertiary/aromatic N) is 4. The summed E-state index contributed by atoms with van der Waals surface area (Å²) in [6, 6.07) is 9.66. The number of rotatable bonds is 9. The van der Waals surface area contributed by atoms with Crippen LogP contribution in [0.25, 0.3) is 0 Å². The molecule has 4 rings (SSSR count). The standard InChI is InChI=1S/C27H28F2N6O6/c1-33(2)27(39)16-4-3-5-17(12-16)40-25-21(28)23(35-10-8-34(9-11-35)14-20(37)38)22(29)26(32-25)41-19-13-15(24(30)31)6-7-18(19)36/h3-7,12-13,36H,8-11,14H2,1-2H3,(H3,30,31)(H,37,38). The summed E-state index contributed by atoms with van der Waals surface area (Å²) >= 11 is 0. The van der Waals surface area contributed by atoms with Crippen LogP contribution in [0, 0.1) is 17.0 Å². The van der Waals surface area contributed by atoms with Gasteiger partial charge in [-0.25, -0.2) is 0 Å². The molecule has 2 heterocycles.